The Labute approximate surface area is 374 Å². The number of hydrogen-bond acceptors (Lipinski definition) is 4. The molecule has 0 radical (unpaired) electrons. The highest BCUT2D eigenvalue weighted by molar-refractivity contribution is 6.20. The molecule has 64 heavy (non-hydrogen) atoms. The average Bonchev–Trinajstić information content (AvgIpc) is 3.37. The Morgan fingerprint density at radius 3 is 0.703 bits per heavy atom. The van der Waals surface area contributed by atoms with Crippen molar-refractivity contribution in [3.8, 4) is 0 Å². The highest BCUT2D eigenvalue weighted by Gasteiger charge is 2.61. The zero-order valence-electron chi connectivity index (χ0n) is 35.1. The second-order valence-electron chi connectivity index (χ2n) is 15.9. The van der Waals surface area contributed by atoms with E-state index in [2.05, 4.69) is 287 Å². The first kappa shape index (κ1) is 38.4. The highest BCUT2D eigenvalue weighted by Crippen LogP contribution is 2.54. The van der Waals surface area contributed by atoms with Crippen molar-refractivity contribution < 1.29 is 0 Å². The first-order valence-corrected chi connectivity index (χ1v) is 21.7. The minimum absolute atomic E-state index is 0.757. The van der Waals surface area contributed by atoms with Gasteiger partial charge < -0.3 is 0 Å². The van der Waals surface area contributed by atoms with Crippen LogP contribution in [0.15, 0.2) is 277 Å². The molecule has 0 N–H and O–H groups in total. The highest BCUT2D eigenvalue weighted by atomic mass is 15.8. The molecule has 0 spiro atoms. The third kappa shape index (κ3) is 6.26. The van der Waals surface area contributed by atoms with E-state index in [1.54, 1.807) is 0 Å². The van der Waals surface area contributed by atoms with Crippen LogP contribution in [-0.2, 0) is 11.1 Å². The Bertz CT molecular complexity index is 2730. The topological polar surface area (TPSA) is 37.7 Å². The lowest BCUT2D eigenvalue weighted by Gasteiger charge is -2.62. The first-order valence-electron chi connectivity index (χ1n) is 21.7. The van der Waals surface area contributed by atoms with Crippen LogP contribution in [0.2, 0.25) is 0 Å². The Hall–Kier alpha value is -8.48. The van der Waals surface area contributed by atoms with Crippen LogP contribution in [0.4, 0.5) is 34.1 Å². The fourth-order valence-corrected chi connectivity index (χ4v) is 9.43. The van der Waals surface area contributed by atoms with E-state index in [-0.39, 0.29) is 0 Å². The quantitative estimate of drug-likeness (QED) is 0.138. The molecule has 0 saturated carbocycles. The van der Waals surface area contributed by atoms with Crippen molar-refractivity contribution in [2.24, 2.45) is 9.98 Å². The number of rotatable bonds is 10. The van der Waals surface area contributed by atoms with Crippen LogP contribution in [0.1, 0.15) is 22.3 Å². The number of aliphatic imine (C=N–C) groups is 2. The minimum atomic E-state index is -0.757. The molecule has 9 aromatic carbocycles. The van der Waals surface area contributed by atoms with Crippen LogP contribution in [0, 0.1) is 0 Å². The summed E-state index contributed by atoms with van der Waals surface area (Å²) in [4.78, 5) is 11.3. The lowest BCUT2D eigenvalue weighted by Crippen LogP contribution is -2.77. The molecule has 11 rings (SSSR count). The lowest BCUT2D eigenvalue weighted by molar-refractivity contribution is 0.535. The molecule has 306 valence electrons. The van der Waals surface area contributed by atoms with Crippen molar-refractivity contribution in [2.45, 2.75) is 11.1 Å². The van der Waals surface area contributed by atoms with E-state index in [0.29, 0.717) is 0 Å². The summed E-state index contributed by atoms with van der Waals surface area (Å²) in [6, 6.07) is 93.5. The molecule has 0 unspecified atom stereocenters. The summed E-state index contributed by atoms with van der Waals surface area (Å²) in [6.45, 7) is 0. The largest absolute Gasteiger partial charge is 0.257 e. The SMILES string of the molecule is c1ccc(N2C(=Nc3ccc(N=C4N(c5ccccc5)N(c5ccccc5)C4(c4ccccc4)c4ccccc4)cc3)C(c3ccccc3)(c3ccccc3)N2c2ccccc2)cc1. The number of para-hydroxylation sites is 4. The molecule has 6 nitrogen and oxygen atoms in total. The van der Waals surface area contributed by atoms with Gasteiger partial charge >= 0.3 is 0 Å². The van der Waals surface area contributed by atoms with Gasteiger partial charge in [0.05, 0.1) is 34.1 Å². The van der Waals surface area contributed by atoms with Crippen LogP contribution in [0.3, 0.4) is 0 Å². The summed E-state index contributed by atoms with van der Waals surface area (Å²) in [5.41, 5.74) is 8.73. The minimum Gasteiger partial charge on any atom is -0.257 e. The predicted molar refractivity (Wildman–Crippen MR) is 264 cm³/mol. The number of nitrogens with zero attached hydrogens (tertiary/aromatic N) is 6. The smallest absolute Gasteiger partial charge is 0.171 e. The molecule has 2 aliphatic rings. The zero-order chi connectivity index (χ0) is 42.8. The van der Waals surface area contributed by atoms with Gasteiger partial charge in [-0.05, 0) is 95.1 Å². The molecule has 2 aliphatic heterocycles. The Kier molecular flexibility index (Phi) is 9.86. The van der Waals surface area contributed by atoms with Crippen molar-refractivity contribution in [1.82, 2.24) is 0 Å². The molecule has 6 heteroatoms. The van der Waals surface area contributed by atoms with Crippen molar-refractivity contribution in [1.29, 1.82) is 0 Å². The Morgan fingerprint density at radius 2 is 0.453 bits per heavy atom. The van der Waals surface area contributed by atoms with E-state index in [9.17, 15) is 0 Å². The van der Waals surface area contributed by atoms with Gasteiger partial charge in [0.2, 0.25) is 0 Å². The van der Waals surface area contributed by atoms with Crippen LogP contribution >= 0.6 is 0 Å². The maximum Gasteiger partial charge on any atom is 0.171 e. The van der Waals surface area contributed by atoms with Crippen molar-refractivity contribution >= 4 is 45.8 Å². The van der Waals surface area contributed by atoms with E-state index in [1.165, 1.54) is 0 Å². The second-order valence-corrected chi connectivity index (χ2v) is 15.9. The number of hydrogen-bond donors (Lipinski definition) is 0. The molecule has 2 saturated heterocycles. The van der Waals surface area contributed by atoms with Crippen LogP contribution < -0.4 is 20.0 Å². The van der Waals surface area contributed by atoms with Crippen molar-refractivity contribution in [3.05, 3.63) is 289 Å². The van der Waals surface area contributed by atoms with Gasteiger partial charge in [-0.15, -0.1) is 0 Å². The Morgan fingerprint density at radius 1 is 0.234 bits per heavy atom. The summed E-state index contributed by atoms with van der Waals surface area (Å²) in [7, 11) is 0. The third-order valence-corrected chi connectivity index (χ3v) is 12.2. The average molecular weight is 825 g/mol. The van der Waals surface area contributed by atoms with E-state index in [1.807, 2.05) is 0 Å². The second kappa shape index (κ2) is 16.4. The van der Waals surface area contributed by atoms with Gasteiger partial charge in [-0.1, -0.05) is 194 Å². The van der Waals surface area contributed by atoms with E-state index >= 15 is 0 Å². The number of hydrazine groups is 2. The van der Waals surface area contributed by atoms with Crippen LogP contribution in [-0.4, -0.2) is 11.7 Å². The standard InChI is InChI=1S/C58H44N6/c1-9-25-45(26-10-1)57(46-27-11-2-12-28-46)55(61(51-33-17-5-18-34-51)63(57)53-37-21-7-22-38-53)59-49-41-43-50(44-42-49)60-56-58(47-29-13-3-14-30-47,48-31-15-4-16-32-48)64(54-39-23-8-24-40-54)62(56)52-35-19-6-20-36-52/h1-44H. The van der Waals surface area contributed by atoms with Gasteiger partial charge in [-0.2, -0.15) is 0 Å². The molecule has 2 heterocycles. The molecular weight excluding hydrogens is 781 g/mol. The summed E-state index contributed by atoms with van der Waals surface area (Å²) in [5, 5.41) is 9.27. The van der Waals surface area contributed by atoms with Gasteiger partial charge in [0.25, 0.3) is 0 Å². The number of benzene rings is 9. The molecular formula is C58H44N6. The molecule has 0 aliphatic carbocycles. The number of amidine groups is 2. The fraction of sp³-hybridized carbons (Fsp3) is 0.0345. The van der Waals surface area contributed by atoms with Gasteiger partial charge in [0.1, 0.15) is 0 Å². The van der Waals surface area contributed by atoms with Crippen LogP contribution in [0.5, 0.6) is 0 Å². The van der Waals surface area contributed by atoms with Crippen molar-refractivity contribution in [2.75, 3.05) is 20.0 Å². The molecule has 9 aromatic rings. The zero-order valence-corrected chi connectivity index (χ0v) is 35.1. The van der Waals surface area contributed by atoms with Gasteiger partial charge in [0, 0.05) is 0 Å². The summed E-state index contributed by atoms with van der Waals surface area (Å²) in [5.74, 6) is 1.78. The van der Waals surface area contributed by atoms with E-state index in [4.69, 9.17) is 9.98 Å². The van der Waals surface area contributed by atoms with Crippen molar-refractivity contribution in [3.63, 3.8) is 0 Å². The molecule has 2 fully saturated rings. The summed E-state index contributed by atoms with van der Waals surface area (Å²) in [6.07, 6.45) is 0. The number of anilines is 4. The summed E-state index contributed by atoms with van der Waals surface area (Å²) >= 11 is 0. The fourth-order valence-electron chi connectivity index (χ4n) is 9.43. The Balaban J connectivity index is 1.10. The maximum atomic E-state index is 5.63. The normalized spacial score (nSPS) is 16.3. The lowest BCUT2D eigenvalue weighted by atomic mass is 9.76. The molecule has 0 amide bonds. The van der Waals surface area contributed by atoms with Crippen LogP contribution in [0.25, 0.3) is 0 Å². The molecule has 0 atom stereocenters. The van der Waals surface area contributed by atoms with Gasteiger partial charge in [-0.25, -0.2) is 20.0 Å². The predicted octanol–water partition coefficient (Wildman–Crippen LogP) is 13.5. The summed E-state index contributed by atoms with van der Waals surface area (Å²) < 4.78 is 0. The maximum absolute atomic E-state index is 5.63. The third-order valence-electron chi connectivity index (χ3n) is 12.2. The molecule has 0 aromatic heterocycles. The molecule has 0 bridgehead atoms. The first-order chi connectivity index (χ1) is 31.8. The monoisotopic (exact) mass is 824 g/mol. The van der Waals surface area contributed by atoms with Gasteiger partial charge in [-0.3, -0.25) is 10.0 Å². The van der Waals surface area contributed by atoms with E-state index in [0.717, 1.165) is 68.0 Å². The van der Waals surface area contributed by atoms with Gasteiger partial charge in [0.15, 0.2) is 22.7 Å². The van der Waals surface area contributed by atoms with E-state index < -0.39 is 11.1 Å².